The monoisotopic (exact) mass is 358 g/mol. The molecule has 0 aliphatic carbocycles. The van der Waals surface area contributed by atoms with E-state index in [1.54, 1.807) is 24.3 Å². The van der Waals surface area contributed by atoms with Crippen LogP contribution in [0.5, 0.6) is 11.5 Å². The van der Waals surface area contributed by atoms with Gasteiger partial charge in [-0.3, -0.25) is 14.9 Å². The van der Waals surface area contributed by atoms with Gasteiger partial charge in [-0.05, 0) is 29.8 Å². The number of hydrogen-bond donors (Lipinski definition) is 1. The highest BCUT2D eigenvalue weighted by atomic mass is 35.5. The molecular formula is C17H11ClN2O5. The number of rotatable bonds is 2. The Bertz CT molecular complexity index is 954. The number of carbonyl (C=O) groups excluding carboxylic acids is 1. The van der Waals surface area contributed by atoms with Gasteiger partial charge in [-0.2, -0.15) is 0 Å². The molecule has 1 amide bonds. The normalized spacial score (nSPS) is 16.5. The number of nitrogens with one attached hydrogen (secondary N) is 1. The molecule has 2 aromatic rings. The SMILES string of the molecule is O=C1Nc2cc(Cl)c([N+](=O)[O-])cc2/C1=C\c1ccc2c(c1)OCCO2. The number of benzene rings is 2. The number of nitrogens with zero attached hydrogens (tertiary/aromatic N) is 1. The lowest BCUT2D eigenvalue weighted by Gasteiger charge is -2.18. The van der Waals surface area contributed by atoms with Crippen molar-refractivity contribution in [1.29, 1.82) is 0 Å². The second-order valence-electron chi connectivity index (χ2n) is 5.52. The third-order valence-corrected chi connectivity index (χ3v) is 4.25. The number of carbonyl (C=O) groups is 1. The molecule has 2 heterocycles. The van der Waals surface area contributed by atoms with Crippen molar-refractivity contribution in [3.8, 4) is 11.5 Å². The Hall–Kier alpha value is -3.06. The van der Waals surface area contributed by atoms with Gasteiger partial charge >= 0.3 is 0 Å². The molecule has 0 radical (unpaired) electrons. The molecule has 0 saturated carbocycles. The summed E-state index contributed by atoms with van der Waals surface area (Å²) in [4.78, 5) is 22.8. The lowest BCUT2D eigenvalue weighted by atomic mass is 10.0. The van der Waals surface area contributed by atoms with E-state index in [4.69, 9.17) is 21.1 Å². The Kier molecular flexibility index (Phi) is 3.58. The second-order valence-corrected chi connectivity index (χ2v) is 5.93. The summed E-state index contributed by atoms with van der Waals surface area (Å²) in [6.07, 6.45) is 1.65. The largest absolute Gasteiger partial charge is 0.486 e. The van der Waals surface area contributed by atoms with Crippen LogP contribution in [0.4, 0.5) is 11.4 Å². The molecule has 0 fully saturated rings. The number of ether oxygens (including phenoxy) is 2. The lowest BCUT2D eigenvalue weighted by Crippen LogP contribution is -2.15. The van der Waals surface area contributed by atoms with Crippen LogP contribution in [0.3, 0.4) is 0 Å². The minimum Gasteiger partial charge on any atom is -0.486 e. The zero-order valence-electron chi connectivity index (χ0n) is 12.7. The summed E-state index contributed by atoms with van der Waals surface area (Å²) in [6, 6.07) is 8.00. The maximum absolute atomic E-state index is 12.3. The van der Waals surface area contributed by atoms with Gasteiger partial charge in [-0.15, -0.1) is 0 Å². The number of nitro benzene ring substituents is 1. The first-order chi connectivity index (χ1) is 12.0. The van der Waals surface area contributed by atoms with Crippen molar-refractivity contribution >= 4 is 40.5 Å². The highest BCUT2D eigenvalue weighted by Crippen LogP contribution is 2.40. The van der Waals surface area contributed by atoms with Crippen molar-refractivity contribution in [3.63, 3.8) is 0 Å². The number of anilines is 1. The summed E-state index contributed by atoms with van der Waals surface area (Å²) >= 11 is 5.90. The second kappa shape index (κ2) is 5.78. The summed E-state index contributed by atoms with van der Waals surface area (Å²) in [7, 11) is 0. The minimum absolute atomic E-state index is 0.0235. The third kappa shape index (κ3) is 2.68. The van der Waals surface area contributed by atoms with Gasteiger partial charge in [0.15, 0.2) is 11.5 Å². The molecule has 8 heteroatoms. The van der Waals surface area contributed by atoms with E-state index in [2.05, 4.69) is 5.32 Å². The minimum atomic E-state index is -0.576. The summed E-state index contributed by atoms with van der Waals surface area (Å²) in [5.41, 5.74) is 1.69. The first kappa shape index (κ1) is 15.5. The standard InChI is InChI=1S/C17H11ClN2O5/c18-12-8-13-10(7-14(12)20(22)23)11(17(21)19-13)5-9-1-2-15-16(6-9)25-4-3-24-15/h1-2,5-8H,3-4H2,(H,19,21)/b11-5+. The van der Waals surface area contributed by atoms with Crippen molar-refractivity contribution < 1.29 is 19.2 Å². The topological polar surface area (TPSA) is 90.7 Å². The summed E-state index contributed by atoms with van der Waals surface area (Å²) in [5, 5.41) is 13.7. The van der Waals surface area contributed by atoms with Crippen LogP contribution in [0, 0.1) is 10.1 Å². The van der Waals surface area contributed by atoms with E-state index in [1.165, 1.54) is 12.1 Å². The van der Waals surface area contributed by atoms with Crippen LogP contribution < -0.4 is 14.8 Å². The van der Waals surface area contributed by atoms with Crippen molar-refractivity contribution in [2.24, 2.45) is 0 Å². The quantitative estimate of drug-likeness (QED) is 0.504. The first-order valence-electron chi connectivity index (χ1n) is 7.44. The van der Waals surface area contributed by atoms with Gasteiger partial charge in [0.2, 0.25) is 0 Å². The lowest BCUT2D eigenvalue weighted by molar-refractivity contribution is -0.384. The van der Waals surface area contributed by atoms with Crippen LogP contribution in [-0.2, 0) is 4.79 Å². The van der Waals surface area contributed by atoms with Gasteiger partial charge in [0, 0.05) is 17.2 Å². The zero-order chi connectivity index (χ0) is 17.6. The smallest absolute Gasteiger partial charge is 0.288 e. The highest BCUT2D eigenvalue weighted by molar-refractivity contribution is 6.37. The molecule has 126 valence electrons. The summed E-state index contributed by atoms with van der Waals surface area (Å²) in [5.74, 6) is 0.898. The average Bonchev–Trinajstić information content (AvgIpc) is 2.88. The zero-order valence-corrected chi connectivity index (χ0v) is 13.5. The fourth-order valence-corrected chi connectivity index (χ4v) is 3.03. The third-order valence-electron chi connectivity index (χ3n) is 3.94. The Balaban J connectivity index is 1.79. The molecule has 2 aromatic carbocycles. The Morgan fingerprint density at radius 1 is 1.16 bits per heavy atom. The van der Waals surface area contributed by atoms with Crippen LogP contribution in [0.1, 0.15) is 11.1 Å². The van der Waals surface area contributed by atoms with Gasteiger partial charge in [0.05, 0.1) is 10.6 Å². The summed E-state index contributed by atoms with van der Waals surface area (Å²) < 4.78 is 11.0. The van der Waals surface area contributed by atoms with Crippen LogP contribution in [0.15, 0.2) is 30.3 Å². The molecule has 0 spiro atoms. The number of hydrogen-bond acceptors (Lipinski definition) is 5. The van der Waals surface area contributed by atoms with Crippen molar-refractivity contribution in [2.45, 2.75) is 0 Å². The van der Waals surface area contributed by atoms with Crippen LogP contribution in [-0.4, -0.2) is 24.0 Å². The van der Waals surface area contributed by atoms with E-state index in [0.29, 0.717) is 41.5 Å². The van der Waals surface area contributed by atoms with E-state index in [9.17, 15) is 14.9 Å². The molecule has 0 saturated heterocycles. The molecule has 0 bridgehead atoms. The predicted molar refractivity (Wildman–Crippen MR) is 92.0 cm³/mol. The van der Waals surface area contributed by atoms with Crippen LogP contribution >= 0.6 is 11.6 Å². The Morgan fingerprint density at radius 2 is 1.92 bits per heavy atom. The Labute approximate surface area is 147 Å². The average molecular weight is 359 g/mol. The van der Waals surface area contributed by atoms with E-state index in [-0.39, 0.29) is 16.6 Å². The molecule has 1 N–H and O–H groups in total. The summed E-state index contributed by atoms with van der Waals surface area (Å²) in [6.45, 7) is 0.953. The van der Waals surface area contributed by atoms with E-state index >= 15 is 0 Å². The van der Waals surface area contributed by atoms with Crippen molar-refractivity contribution in [1.82, 2.24) is 0 Å². The number of amides is 1. The molecule has 7 nitrogen and oxygen atoms in total. The molecule has 0 unspecified atom stereocenters. The molecule has 0 atom stereocenters. The van der Waals surface area contributed by atoms with E-state index < -0.39 is 4.92 Å². The van der Waals surface area contributed by atoms with Gasteiger partial charge in [-0.25, -0.2) is 0 Å². The highest BCUT2D eigenvalue weighted by Gasteiger charge is 2.28. The molecular weight excluding hydrogens is 348 g/mol. The predicted octanol–water partition coefficient (Wildman–Crippen LogP) is 3.51. The van der Waals surface area contributed by atoms with E-state index in [0.717, 1.165) is 5.56 Å². The maximum Gasteiger partial charge on any atom is 0.288 e. The van der Waals surface area contributed by atoms with Gasteiger partial charge < -0.3 is 14.8 Å². The van der Waals surface area contributed by atoms with Crippen molar-refractivity contribution in [2.75, 3.05) is 18.5 Å². The fourth-order valence-electron chi connectivity index (χ4n) is 2.80. The number of halogens is 1. The molecule has 2 aliphatic rings. The Morgan fingerprint density at radius 3 is 2.68 bits per heavy atom. The number of fused-ring (bicyclic) bond motifs is 2. The van der Waals surface area contributed by atoms with Crippen LogP contribution in [0.2, 0.25) is 5.02 Å². The first-order valence-corrected chi connectivity index (χ1v) is 7.82. The number of nitro groups is 1. The maximum atomic E-state index is 12.3. The van der Waals surface area contributed by atoms with Gasteiger partial charge in [0.25, 0.3) is 11.6 Å². The van der Waals surface area contributed by atoms with Crippen LogP contribution in [0.25, 0.3) is 11.6 Å². The molecule has 4 rings (SSSR count). The van der Waals surface area contributed by atoms with E-state index in [1.807, 2.05) is 0 Å². The molecule has 2 aliphatic heterocycles. The molecule has 25 heavy (non-hydrogen) atoms. The van der Waals surface area contributed by atoms with Gasteiger partial charge in [0.1, 0.15) is 18.2 Å². The fraction of sp³-hybridized carbons (Fsp3) is 0.118. The molecule has 0 aromatic heterocycles. The van der Waals surface area contributed by atoms with Gasteiger partial charge in [-0.1, -0.05) is 17.7 Å². The van der Waals surface area contributed by atoms with Crippen molar-refractivity contribution in [3.05, 3.63) is 56.6 Å².